The minimum absolute atomic E-state index is 0.466. The lowest BCUT2D eigenvalue weighted by Gasteiger charge is -2.07. The Bertz CT molecular complexity index is 803. The molecule has 1 aromatic carbocycles. The van der Waals surface area contributed by atoms with Crippen molar-refractivity contribution < 1.29 is 4.74 Å². The van der Waals surface area contributed by atoms with Gasteiger partial charge in [-0.2, -0.15) is 0 Å². The number of aryl methyl sites for hydroxylation is 1. The van der Waals surface area contributed by atoms with Gasteiger partial charge in [0.15, 0.2) is 5.82 Å². The molecule has 0 bridgehead atoms. The van der Waals surface area contributed by atoms with Crippen molar-refractivity contribution in [2.75, 3.05) is 7.11 Å². The predicted octanol–water partition coefficient (Wildman–Crippen LogP) is 5.09. The Balaban J connectivity index is 2.25. The number of methoxy groups -OCH3 is 1. The largest absolute Gasteiger partial charge is 0.496 e. The molecule has 3 rings (SSSR count). The Kier molecular flexibility index (Phi) is 3.67. The molecule has 3 aromatic rings. The molecule has 2 heterocycles. The van der Waals surface area contributed by atoms with Crippen molar-refractivity contribution in [3.05, 3.63) is 38.8 Å². The fourth-order valence-corrected chi connectivity index (χ4v) is 3.26. The average Bonchev–Trinajstić information content (AvgIpc) is 2.92. The fraction of sp³-hybridized carbons (Fsp3) is 0.143. The number of halogens is 2. The zero-order valence-electron chi connectivity index (χ0n) is 10.8. The van der Waals surface area contributed by atoms with E-state index >= 15 is 0 Å². The van der Waals surface area contributed by atoms with Crippen LogP contribution in [-0.2, 0) is 0 Å². The second kappa shape index (κ2) is 5.31. The monoisotopic (exact) mass is 368 g/mol. The first-order valence-electron chi connectivity index (χ1n) is 5.85. The molecule has 0 atom stereocenters. The standard InChI is InChI=1S/C14H10BrClN2OS/c1-7-10(15)4-3-9-12(7)17-14(18-13(9)16)11-5-8(19-2)6-20-11/h3-6H,1-2H3. The van der Waals surface area contributed by atoms with E-state index in [-0.39, 0.29) is 0 Å². The van der Waals surface area contributed by atoms with Crippen LogP contribution in [0.25, 0.3) is 21.6 Å². The van der Waals surface area contributed by atoms with Crippen molar-refractivity contribution in [2.45, 2.75) is 6.92 Å². The second-order valence-electron chi connectivity index (χ2n) is 4.26. The molecule has 0 unspecified atom stereocenters. The molecule has 0 amide bonds. The van der Waals surface area contributed by atoms with Gasteiger partial charge < -0.3 is 4.74 Å². The molecule has 0 saturated carbocycles. The molecule has 0 aliphatic rings. The van der Waals surface area contributed by atoms with Gasteiger partial charge >= 0.3 is 0 Å². The van der Waals surface area contributed by atoms with E-state index in [4.69, 9.17) is 16.3 Å². The maximum atomic E-state index is 6.28. The Morgan fingerprint density at radius 3 is 2.80 bits per heavy atom. The van der Waals surface area contributed by atoms with Crippen LogP contribution in [0.2, 0.25) is 5.15 Å². The Labute approximate surface area is 133 Å². The Morgan fingerprint density at radius 2 is 2.10 bits per heavy atom. The average molecular weight is 370 g/mol. The van der Waals surface area contributed by atoms with Gasteiger partial charge in [-0.05, 0) is 24.6 Å². The number of hydrogen-bond acceptors (Lipinski definition) is 4. The number of fused-ring (bicyclic) bond motifs is 1. The van der Waals surface area contributed by atoms with Crippen molar-refractivity contribution in [1.29, 1.82) is 0 Å². The van der Waals surface area contributed by atoms with Crippen molar-refractivity contribution in [3.63, 3.8) is 0 Å². The smallest absolute Gasteiger partial charge is 0.171 e. The van der Waals surface area contributed by atoms with Crippen LogP contribution < -0.4 is 4.74 Å². The second-order valence-corrected chi connectivity index (χ2v) is 6.38. The summed E-state index contributed by atoms with van der Waals surface area (Å²) in [5, 5.41) is 3.25. The number of hydrogen-bond donors (Lipinski definition) is 0. The highest BCUT2D eigenvalue weighted by Crippen LogP contribution is 2.33. The van der Waals surface area contributed by atoms with E-state index in [2.05, 4.69) is 25.9 Å². The minimum Gasteiger partial charge on any atom is -0.496 e. The molecule has 6 heteroatoms. The maximum absolute atomic E-state index is 6.28. The molecule has 20 heavy (non-hydrogen) atoms. The first kappa shape index (κ1) is 13.8. The molecule has 102 valence electrons. The molecule has 0 aliphatic carbocycles. The van der Waals surface area contributed by atoms with Crippen LogP contribution in [0, 0.1) is 6.92 Å². The van der Waals surface area contributed by atoms with Gasteiger partial charge in [-0.1, -0.05) is 27.5 Å². The van der Waals surface area contributed by atoms with Crippen molar-refractivity contribution in [2.24, 2.45) is 0 Å². The number of rotatable bonds is 2. The van der Waals surface area contributed by atoms with Gasteiger partial charge in [0.2, 0.25) is 0 Å². The Morgan fingerprint density at radius 1 is 1.30 bits per heavy atom. The topological polar surface area (TPSA) is 35.0 Å². The summed E-state index contributed by atoms with van der Waals surface area (Å²) in [5.74, 6) is 1.42. The predicted molar refractivity (Wildman–Crippen MR) is 86.9 cm³/mol. The molecule has 2 aromatic heterocycles. The van der Waals surface area contributed by atoms with Gasteiger partial charge in [0.1, 0.15) is 10.9 Å². The van der Waals surface area contributed by atoms with Crippen LogP contribution in [0.1, 0.15) is 5.56 Å². The maximum Gasteiger partial charge on any atom is 0.171 e. The van der Waals surface area contributed by atoms with Crippen LogP contribution >= 0.6 is 38.9 Å². The van der Waals surface area contributed by atoms with E-state index in [9.17, 15) is 0 Å². The Hall–Kier alpha value is -1.17. The van der Waals surface area contributed by atoms with Gasteiger partial charge in [-0.3, -0.25) is 0 Å². The molecule has 0 spiro atoms. The molecule has 0 radical (unpaired) electrons. The molecule has 0 aliphatic heterocycles. The summed E-state index contributed by atoms with van der Waals surface area (Å²) >= 11 is 11.3. The van der Waals surface area contributed by atoms with E-state index in [1.54, 1.807) is 7.11 Å². The number of benzene rings is 1. The van der Waals surface area contributed by atoms with E-state index in [1.165, 1.54) is 11.3 Å². The molecule has 0 saturated heterocycles. The van der Waals surface area contributed by atoms with Crippen LogP contribution in [0.4, 0.5) is 0 Å². The molecule has 0 fully saturated rings. The van der Waals surface area contributed by atoms with Gasteiger partial charge in [0.05, 0.1) is 17.5 Å². The van der Waals surface area contributed by atoms with Crippen LogP contribution in [0.15, 0.2) is 28.1 Å². The summed E-state index contributed by atoms with van der Waals surface area (Å²) in [6.07, 6.45) is 0. The highest BCUT2D eigenvalue weighted by atomic mass is 79.9. The molecular formula is C14H10BrClN2OS. The van der Waals surface area contributed by atoms with E-state index < -0.39 is 0 Å². The summed E-state index contributed by atoms with van der Waals surface area (Å²) in [6, 6.07) is 5.80. The van der Waals surface area contributed by atoms with E-state index in [0.717, 1.165) is 31.6 Å². The summed E-state index contributed by atoms with van der Waals surface area (Å²) in [5.41, 5.74) is 1.92. The summed E-state index contributed by atoms with van der Waals surface area (Å²) < 4.78 is 6.20. The minimum atomic E-state index is 0.466. The first-order chi connectivity index (χ1) is 9.60. The summed E-state index contributed by atoms with van der Waals surface area (Å²) in [7, 11) is 1.64. The highest BCUT2D eigenvalue weighted by Gasteiger charge is 2.13. The van der Waals surface area contributed by atoms with E-state index in [1.807, 2.05) is 30.5 Å². The van der Waals surface area contributed by atoms with Gasteiger partial charge in [-0.15, -0.1) is 11.3 Å². The van der Waals surface area contributed by atoms with Crippen LogP contribution in [0.3, 0.4) is 0 Å². The third-order valence-corrected chi connectivity index (χ3v) is 5.09. The quantitative estimate of drug-likeness (QED) is 0.590. The normalized spacial score (nSPS) is 11.0. The molecule has 0 N–H and O–H groups in total. The van der Waals surface area contributed by atoms with E-state index in [0.29, 0.717) is 11.0 Å². The lowest BCUT2D eigenvalue weighted by atomic mass is 10.1. The van der Waals surface area contributed by atoms with Gasteiger partial charge in [-0.25, -0.2) is 9.97 Å². The van der Waals surface area contributed by atoms with Crippen molar-refractivity contribution in [3.8, 4) is 16.5 Å². The number of ether oxygens (including phenoxy) is 1. The fourth-order valence-electron chi connectivity index (χ4n) is 1.92. The van der Waals surface area contributed by atoms with Crippen molar-refractivity contribution >= 4 is 49.8 Å². The van der Waals surface area contributed by atoms with Crippen molar-refractivity contribution in [1.82, 2.24) is 9.97 Å². The zero-order chi connectivity index (χ0) is 14.3. The van der Waals surface area contributed by atoms with Crippen LogP contribution in [-0.4, -0.2) is 17.1 Å². The lowest BCUT2D eigenvalue weighted by molar-refractivity contribution is 0.417. The lowest BCUT2D eigenvalue weighted by Crippen LogP contribution is -1.93. The number of thiophene rings is 1. The molecule has 3 nitrogen and oxygen atoms in total. The third-order valence-electron chi connectivity index (χ3n) is 3.04. The zero-order valence-corrected chi connectivity index (χ0v) is 13.9. The number of aromatic nitrogens is 2. The first-order valence-corrected chi connectivity index (χ1v) is 7.90. The summed E-state index contributed by atoms with van der Waals surface area (Å²) in [4.78, 5) is 9.96. The SMILES string of the molecule is COc1csc(-c2nc(Cl)c3ccc(Br)c(C)c3n2)c1. The van der Waals surface area contributed by atoms with Gasteiger partial charge in [0, 0.05) is 21.3 Å². The third kappa shape index (κ3) is 2.30. The van der Waals surface area contributed by atoms with Gasteiger partial charge in [0.25, 0.3) is 0 Å². The summed E-state index contributed by atoms with van der Waals surface area (Å²) in [6.45, 7) is 2.01. The molecular weight excluding hydrogens is 360 g/mol. The van der Waals surface area contributed by atoms with Crippen LogP contribution in [0.5, 0.6) is 5.75 Å². The highest BCUT2D eigenvalue weighted by molar-refractivity contribution is 9.10. The number of nitrogens with zero attached hydrogens (tertiary/aromatic N) is 2.